The van der Waals surface area contributed by atoms with E-state index in [2.05, 4.69) is 202 Å². The van der Waals surface area contributed by atoms with E-state index in [-0.39, 0.29) is 0 Å². The van der Waals surface area contributed by atoms with E-state index in [4.69, 9.17) is 0 Å². The van der Waals surface area contributed by atoms with Gasteiger partial charge in [-0.1, -0.05) is 84.9 Å². The summed E-state index contributed by atoms with van der Waals surface area (Å²) in [5, 5.41) is 10.9. The summed E-state index contributed by atoms with van der Waals surface area (Å²) < 4.78 is 0. The molecule has 0 aliphatic heterocycles. The number of halogens is 1. The minimum Gasteiger partial charge on any atom is -0.249 e. The van der Waals surface area contributed by atoms with Gasteiger partial charge in [-0.15, -0.1) is 0 Å². The monoisotopic (exact) mass is 762 g/mol. The molecule has 0 atom stereocenters. The van der Waals surface area contributed by atoms with E-state index in [9.17, 15) is 0 Å². The summed E-state index contributed by atoms with van der Waals surface area (Å²) in [5.74, 6) is 0. The van der Waals surface area contributed by atoms with E-state index in [0.29, 0.717) is 0 Å². The van der Waals surface area contributed by atoms with Crippen LogP contribution in [0, 0.1) is 41.5 Å². The van der Waals surface area contributed by atoms with Crippen LogP contribution in [0.15, 0.2) is 146 Å². The summed E-state index contributed by atoms with van der Waals surface area (Å²) >= 11 is 1.82. The molecule has 0 saturated heterocycles. The van der Waals surface area contributed by atoms with Crippen molar-refractivity contribution >= 4 is 57.9 Å². The van der Waals surface area contributed by atoms with Crippen LogP contribution in [0.4, 0.5) is 5.69 Å². The van der Waals surface area contributed by atoms with Crippen molar-refractivity contribution in [3.8, 4) is 0 Å². The van der Waals surface area contributed by atoms with Gasteiger partial charge in [-0.05, 0) is 136 Å². The van der Waals surface area contributed by atoms with Crippen molar-refractivity contribution in [1.29, 1.82) is 0 Å². The molecule has 0 saturated carbocycles. The van der Waals surface area contributed by atoms with Gasteiger partial charge in [0.2, 0.25) is 0 Å². The van der Waals surface area contributed by atoms with Crippen molar-refractivity contribution in [3.63, 3.8) is 0 Å². The van der Waals surface area contributed by atoms with Gasteiger partial charge in [0.05, 0.1) is 0 Å². The molecule has 5 heteroatoms. The molecule has 6 aromatic rings. The molecule has 0 unspecified atom stereocenters. The fourth-order valence-corrected chi connectivity index (χ4v) is 10.8. The average molecular weight is 762 g/mol. The Labute approximate surface area is 299 Å². The molecule has 0 aliphatic carbocycles. The van der Waals surface area contributed by atoms with Gasteiger partial charge in [-0.2, -0.15) is 0 Å². The largest absolute Gasteiger partial charge is 0.249 e. The van der Waals surface area contributed by atoms with E-state index < -0.39 is 16.0 Å². The first kappa shape index (κ1) is 36.7. The molecule has 6 aromatic carbocycles. The van der Waals surface area contributed by atoms with E-state index in [1.165, 1.54) is 65.6 Å². The van der Waals surface area contributed by atoms with Gasteiger partial charge in [0, 0.05) is 0 Å². The van der Waals surface area contributed by atoms with Crippen LogP contribution >= 0.6 is 25.7 Å². The summed E-state index contributed by atoms with van der Waals surface area (Å²) in [7, 11) is 2.20. The van der Waals surface area contributed by atoms with Gasteiger partial charge in [-0.3, -0.25) is 0 Å². The van der Waals surface area contributed by atoms with Crippen LogP contribution in [-0.4, -0.2) is 0 Å². The van der Waals surface area contributed by atoms with Crippen LogP contribution in [-0.2, 0) is 17.3 Å². The van der Waals surface area contributed by atoms with Crippen molar-refractivity contribution < 1.29 is 17.3 Å². The molecule has 0 heterocycles. The molecule has 0 fully saturated rings. The number of benzene rings is 6. The zero-order chi connectivity index (χ0) is 33.8. The Morgan fingerprint density at radius 3 is 1.00 bits per heavy atom. The number of rotatable bonds is 7. The summed E-state index contributed by atoms with van der Waals surface area (Å²) in [5.41, 5.74) is 9.96. The third-order valence-electron chi connectivity index (χ3n) is 9.08. The SMILES string of the molecule is Cc1c(C)c(C)c(C)c(C)c1C.[Cl][Ru+].c1ccc([PH+](Nc2ccccc2[PH+](c2ccccc2)c2ccccc2)c2ccccc2)cc1. The Morgan fingerprint density at radius 2 is 0.660 bits per heavy atom. The molecule has 1 N–H and O–H groups in total. The summed E-state index contributed by atoms with van der Waals surface area (Å²) in [6.07, 6.45) is 0. The molecule has 0 radical (unpaired) electrons. The van der Waals surface area contributed by atoms with E-state index in [0.717, 1.165) is 0 Å². The molecule has 0 spiro atoms. The maximum atomic E-state index is 4.57. The fourth-order valence-electron chi connectivity index (χ4n) is 5.84. The summed E-state index contributed by atoms with van der Waals surface area (Å²) in [6, 6.07) is 52.5. The van der Waals surface area contributed by atoms with Crippen LogP contribution in [0.1, 0.15) is 33.4 Å². The Bertz CT molecular complexity index is 1650. The first-order chi connectivity index (χ1) is 22.9. The van der Waals surface area contributed by atoms with Gasteiger partial charge in [0.25, 0.3) is 0 Å². The third kappa shape index (κ3) is 9.29. The number of nitrogens with one attached hydrogen (secondary N) is 1. The second kappa shape index (κ2) is 18.4. The minimum absolute atomic E-state index is 1.16. The summed E-state index contributed by atoms with van der Waals surface area (Å²) in [6.45, 7) is 13.3. The Kier molecular flexibility index (Phi) is 14.4. The number of anilines is 1. The first-order valence-corrected chi connectivity index (χ1v) is 21.1. The van der Waals surface area contributed by atoms with Gasteiger partial charge in [0.1, 0.15) is 40.1 Å². The van der Waals surface area contributed by atoms with Crippen molar-refractivity contribution in [2.75, 3.05) is 5.09 Å². The number of para-hydroxylation sites is 1. The zero-order valence-corrected chi connectivity index (χ0v) is 32.6. The maximum Gasteiger partial charge on any atom is 0.154 e. The summed E-state index contributed by atoms with van der Waals surface area (Å²) in [4.78, 5) is 0. The fraction of sp³-hybridized carbons (Fsp3) is 0.143. The van der Waals surface area contributed by atoms with E-state index in [1.54, 1.807) is 0 Å². The molecule has 47 heavy (non-hydrogen) atoms. The molecule has 240 valence electrons. The van der Waals surface area contributed by atoms with Gasteiger partial charge in [-0.25, -0.2) is 5.09 Å². The van der Waals surface area contributed by atoms with Crippen molar-refractivity contribution in [1.82, 2.24) is 0 Å². The predicted octanol–water partition coefficient (Wildman–Crippen LogP) is 9.59. The maximum absolute atomic E-state index is 4.57. The molecular formula is C42H45ClNP2Ru+3. The second-order valence-electron chi connectivity index (χ2n) is 11.6. The molecule has 0 bridgehead atoms. The van der Waals surface area contributed by atoms with Crippen LogP contribution in [0.25, 0.3) is 0 Å². The van der Waals surface area contributed by atoms with Crippen molar-refractivity contribution in [3.05, 3.63) is 179 Å². The normalized spacial score (nSPS) is 10.5. The van der Waals surface area contributed by atoms with Crippen LogP contribution in [0.3, 0.4) is 0 Å². The topological polar surface area (TPSA) is 12.0 Å². The Balaban J connectivity index is 0.000000301. The third-order valence-corrected chi connectivity index (χ3v) is 14.2. The smallest absolute Gasteiger partial charge is 0.154 e. The van der Waals surface area contributed by atoms with Crippen LogP contribution in [0.5, 0.6) is 0 Å². The van der Waals surface area contributed by atoms with Gasteiger partial charge in [0.15, 0.2) is 8.07 Å². The molecule has 6 rings (SSSR count). The van der Waals surface area contributed by atoms with Gasteiger partial charge < -0.3 is 0 Å². The number of hydrogen-bond acceptors (Lipinski definition) is 1. The number of hydrogen-bond donors (Lipinski definition) is 1. The molecule has 1 nitrogen and oxygen atoms in total. The van der Waals surface area contributed by atoms with Crippen molar-refractivity contribution in [2.24, 2.45) is 0 Å². The molecular weight excluding hydrogens is 717 g/mol. The molecule has 0 aliphatic rings. The quantitative estimate of drug-likeness (QED) is 0.126. The molecule has 0 amide bonds. The average Bonchev–Trinajstić information content (AvgIpc) is 3.15. The zero-order valence-electron chi connectivity index (χ0n) is 28.1. The standard InChI is InChI=1S/C30H25NP2.C12H18.ClH.Ru/c1-5-15-25(16-6-1)32(26-17-7-2-8-18-26)30-24-14-13-23-29(30)31-33(27-19-9-3-10-20-27)28-21-11-4-12-22-28;1-7-8(2)10(4)12(6)11(5)9(7)3;;/h1-24,31H;1-6H3;1H;/q;;;+2/p+1. The second-order valence-corrected chi connectivity index (χ2v) is 16.2. The van der Waals surface area contributed by atoms with Crippen molar-refractivity contribution in [2.45, 2.75) is 41.5 Å². The van der Waals surface area contributed by atoms with Crippen LogP contribution < -0.4 is 31.6 Å². The van der Waals surface area contributed by atoms with E-state index in [1.807, 2.05) is 17.3 Å². The molecule has 0 aromatic heterocycles. The van der Waals surface area contributed by atoms with Crippen LogP contribution in [0.2, 0.25) is 0 Å². The Hall–Kier alpha value is -3.11. The minimum atomic E-state index is -1.20. The van der Waals surface area contributed by atoms with E-state index >= 15 is 0 Å². The Morgan fingerprint density at radius 1 is 0.383 bits per heavy atom. The predicted molar refractivity (Wildman–Crippen MR) is 211 cm³/mol. The first-order valence-electron chi connectivity index (χ1n) is 15.9. The van der Waals surface area contributed by atoms with Gasteiger partial charge >= 0.3 is 27.0 Å².